The zero-order chi connectivity index (χ0) is 26.4. The van der Waals surface area contributed by atoms with Crippen LogP contribution in [0.25, 0.3) is 22.5 Å². The third-order valence-electron chi connectivity index (χ3n) is 6.71. The average molecular weight is 505 g/mol. The van der Waals surface area contributed by atoms with Gasteiger partial charge in [-0.3, -0.25) is 0 Å². The number of benzene rings is 2. The Hall–Kier alpha value is -3.23. The number of H-pyrrole nitrogens is 1. The summed E-state index contributed by atoms with van der Waals surface area (Å²) in [4.78, 5) is 4.93. The van der Waals surface area contributed by atoms with Gasteiger partial charge in [-0.2, -0.15) is 5.21 Å². The van der Waals surface area contributed by atoms with Crippen LogP contribution < -0.4 is 0 Å². The van der Waals surface area contributed by atoms with Gasteiger partial charge in [-0.1, -0.05) is 76.2 Å². The minimum absolute atomic E-state index is 0.366. The van der Waals surface area contributed by atoms with Gasteiger partial charge in [-0.05, 0) is 46.6 Å². The Labute approximate surface area is 220 Å². The normalized spacial score (nSPS) is 14.2. The highest BCUT2D eigenvalue weighted by molar-refractivity contribution is 5.80. The maximum atomic E-state index is 5.77. The van der Waals surface area contributed by atoms with Crippen molar-refractivity contribution in [2.75, 3.05) is 27.4 Å². The van der Waals surface area contributed by atoms with Crippen LogP contribution in [0, 0.1) is 11.8 Å². The number of ether oxygens (including phenoxy) is 2. The maximum Gasteiger partial charge on any atom is 0.205 e. The highest BCUT2D eigenvalue weighted by Crippen LogP contribution is 2.34. The molecule has 4 rings (SSSR count). The molecule has 2 aromatic carbocycles. The van der Waals surface area contributed by atoms with Gasteiger partial charge >= 0.3 is 0 Å². The molecule has 3 aromatic rings. The molecule has 0 unspecified atom stereocenters. The van der Waals surface area contributed by atoms with Crippen LogP contribution in [0.5, 0.6) is 0 Å². The van der Waals surface area contributed by atoms with Gasteiger partial charge in [-0.15, -0.1) is 10.2 Å². The van der Waals surface area contributed by atoms with E-state index in [4.69, 9.17) is 9.47 Å². The Morgan fingerprint density at radius 2 is 1.59 bits per heavy atom. The number of methoxy groups -OCH3 is 2. The first kappa shape index (κ1) is 26.8. The van der Waals surface area contributed by atoms with Crippen molar-refractivity contribution in [1.82, 2.24) is 30.4 Å². The monoisotopic (exact) mass is 504 g/mol. The van der Waals surface area contributed by atoms with Gasteiger partial charge in [0.05, 0.1) is 12.4 Å². The number of allylic oxidation sites excluding steroid dienone is 1. The van der Waals surface area contributed by atoms with Crippen LogP contribution in [0.3, 0.4) is 0 Å². The molecular formula is C29H40N6O2. The van der Waals surface area contributed by atoms with Crippen molar-refractivity contribution in [3.8, 4) is 22.5 Å². The number of aromatic nitrogens is 4. The van der Waals surface area contributed by atoms with E-state index < -0.39 is 0 Å². The molecule has 0 bridgehead atoms. The summed E-state index contributed by atoms with van der Waals surface area (Å²) in [6.07, 6.45) is 1.76. The Bertz CT molecular complexity index is 1150. The van der Waals surface area contributed by atoms with Gasteiger partial charge < -0.3 is 19.3 Å². The fourth-order valence-corrected chi connectivity index (χ4v) is 4.99. The molecule has 8 nitrogen and oxygen atoms in total. The summed E-state index contributed by atoms with van der Waals surface area (Å²) in [5.41, 5.74) is 6.94. The number of hydrogen-bond donors (Lipinski definition) is 1. The first-order valence-electron chi connectivity index (χ1n) is 13.1. The van der Waals surface area contributed by atoms with E-state index in [1.165, 1.54) is 17.0 Å². The van der Waals surface area contributed by atoms with E-state index in [-0.39, 0.29) is 6.29 Å². The van der Waals surface area contributed by atoms with E-state index in [9.17, 15) is 0 Å². The molecule has 0 radical (unpaired) electrons. The number of nitrogens with zero attached hydrogens (tertiary/aromatic N) is 5. The Balaban J connectivity index is 1.61. The summed E-state index contributed by atoms with van der Waals surface area (Å²) in [5.74, 6) is 1.76. The third kappa shape index (κ3) is 6.37. The fraction of sp³-hybridized carbons (Fsp3) is 0.483. The molecule has 0 saturated heterocycles. The second-order valence-electron chi connectivity index (χ2n) is 10.5. The van der Waals surface area contributed by atoms with E-state index in [0.29, 0.717) is 17.7 Å². The van der Waals surface area contributed by atoms with Crippen molar-refractivity contribution in [2.24, 2.45) is 11.8 Å². The van der Waals surface area contributed by atoms with Gasteiger partial charge in [0.1, 0.15) is 0 Å². The van der Waals surface area contributed by atoms with Gasteiger partial charge in [0, 0.05) is 38.6 Å². The van der Waals surface area contributed by atoms with Gasteiger partial charge in [0.15, 0.2) is 6.29 Å². The minimum Gasteiger partial charge on any atom is -0.351 e. The zero-order valence-electron chi connectivity index (χ0n) is 22.9. The summed E-state index contributed by atoms with van der Waals surface area (Å²) in [5, 5.41) is 14.6. The second-order valence-corrected chi connectivity index (χ2v) is 10.5. The number of nitrogens with one attached hydrogen (secondary N) is 1. The maximum absolute atomic E-state index is 5.77. The Morgan fingerprint density at radius 3 is 2.19 bits per heavy atom. The number of hydrogen-bond acceptors (Lipinski definition) is 7. The van der Waals surface area contributed by atoms with E-state index in [1.54, 1.807) is 14.2 Å². The second kappa shape index (κ2) is 12.3. The minimum atomic E-state index is -0.366. The molecule has 0 saturated carbocycles. The van der Waals surface area contributed by atoms with Crippen LogP contribution in [0.15, 0.2) is 59.9 Å². The molecule has 0 amide bonds. The lowest BCUT2D eigenvalue weighted by molar-refractivity contribution is -0.0891. The molecule has 198 valence electrons. The van der Waals surface area contributed by atoms with Crippen LogP contribution in [0.2, 0.25) is 0 Å². The van der Waals surface area contributed by atoms with Gasteiger partial charge in [0.25, 0.3) is 0 Å². The van der Waals surface area contributed by atoms with Crippen molar-refractivity contribution in [3.63, 3.8) is 0 Å². The Morgan fingerprint density at radius 1 is 0.892 bits per heavy atom. The lowest BCUT2D eigenvalue weighted by atomic mass is 9.98. The zero-order valence-corrected chi connectivity index (χ0v) is 22.9. The summed E-state index contributed by atoms with van der Waals surface area (Å²) in [7, 11) is 3.45. The van der Waals surface area contributed by atoms with Crippen LogP contribution in [-0.4, -0.2) is 64.1 Å². The summed E-state index contributed by atoms with van der Waals surface area (Å²) in [6.45, 7) is 11.7. The van der Waals surface area contributed by atoms with E-state index in [2.05, 4.69) is 88.5 Å². The lowest BCUT2D eigenvalue weighted by Crippen LogP contribution is -2.34. The highest BCUT2D eigenvalue weighted by Gasteiger charge is 2.34. The van der Waals surface area contributed by atoms with Crippen molar-refractivity contribution >= 4 is 0 Å². The molecule has 37 heavy (non-hydrogen) atoms. The predicted octanol–water partition coefficient (Wildman–Crippen LogP) is 5.53. The molecule has 0 aliphatic carbocycles. The van der Waals surface area contributed by atoms with E-state index in [1.807, 2.05) is 18.2 Å². The molecule has 1 aliphatic heterocycles. The van der Waals surface area contributed by atoms with Crippen LogP contribution in [-0.2, 0) is 16.0 Å². The molecule has 1 N–H and O–H groups in total. The number of rotatable bonds is 12. The van der Waals surface area contributed by atoms with Crippen LogP contribution in [0.1, 0.15) is 46.1 Å². The van der Waals surface area contributed by atoms with E-state index in [0.717, 1.165) is 49.3 Å². The Kier molecular flexibility index (Phi) is 8.95. The van der Waals surface area contributed by atoms with Gasteiger partial charge in [0.2, 0.25) is 5.82 Å². The smallest absolute Gasteiger partial charge is 0.205 e. The number of tetrazole rings is 1. The summed E-state index contributed by atoms with van der Waals surface area (Å²) >= 11 is 0. The van der Waals surface area contributed by atoms with Gasteiger partial charge in [-0.25, -0.2) is 0 Å². The highest BCUT2D eigenvalue weighted by atomic mass is 16.7. The quantitative estimate of drug-likeness (QED) is 0.325. The van der Waals surface area contributed by atoms with Crippen LogP contribution in [0.4, 0.5) is 0 Å². The van der Waals surface area contributed by atoms with Crippen molar-refractivity contribution in [1.29, 1.82) is 0 Å². The molecule has 2 heterocycles. The van der Waals surface area contributed by atoms with Crippen LogP contribution >= 0.6 is 0 Å². The fourth-order valence-electron chi connectivity index (χ4n) is 4.99. The molecular weight excluding hydrogens is 464 g/mol. The molecule has 0 fully saturated rings. The molecule has 0 spiro atoms. The first-order chi connectivity index (χ1) is 17.9. The van der Waals surface area contributed by atoms with Crippen molar-refractivity contribution in [2.45, 2.75) is 53.4 Å². The lowest BCUT2D eigenvalue weighted by Gasteiger charge is -2.28. The summed E-state index contributed by atoms with van der Waals surface area (Å²) in [6, 6.07) is 17.0. The van der Waals surface area contributed by atoms with Crippen molar-refractivity contribution in [3.05, 3.63) is 65.5 Å². The summed E-state index contributed by atoms with van der Waals surface area (Å²) < 4.78 is 11.5. The number of aromatic amines is 1. The molecule has 8 heteroatoms. The van der Waals surface area contributed by atoms with E-state index >= 15 is 0 Å². The van der Waals surface area contributed by atoms with Crippen molar-refractivity contribution < 1.29 is 9.47 Å². The topological polar surface area (TPSA) is 79.4 Å². The molecule has 1 aliphatic rings. The standard InChI is InChI=1S/C29H40N6O2/c1-20(2)11-16-26-27(29(36-5)37-6)35(17-21(3)4)19-34(26)18-22-12-14-23(15-13-22)24-9-7-8-10-25(24)28-30-32-33-31-28/h7-10,12-15,20-21,29H,11,16-19H2,1-6H3,(H,30,31,32,33). The third-order valence-corrected chi connectivity index (χ3v) is 6.71. The average Bonchev–Trinajstić information content (AvgIpc) is 3.53. The SMILES string of the molecule is COC(OC)C1=C(CCC(C)C)N(Cc2ccc(-c3ccccc3-c3nn[nH]n3)cc2)CN1CC(C)C. The predicted molar refractivity (Wildman–Crippen MR) is 146 cm³/mol. The largest absolute Gasteiger partial charge is 0.351 e. The first-order valence-corrected chi connectivity index (χ1v) is 13.1. The molecule has 1 aromatic heterocycles. The molecule has 0 atom stereocenters.